The van der Waals surface area contributed by atoms with E-state index in [1.807, 2.05) is 13.8 Å². The number of guanidine groups is 1. The standard InChI is InChI=1S/C18H29N3O3.HI/c1-6-19-18(21-12-14(3)17(22)24-5)20-10-9-15-8-7-13(2)16(11-15)23-4;/h7-8,11,14H,6,9-10,12H2,1-5H3,(H2,19,20,21);1H. The first-order valence-electron chi connectivity index (χ1n) is 8.25. The van der Waals surface area contributed by atoms with E-state index in [0.29, 0.717) is 12.5 Å². The Hall–Kier alpha value is -1.51. The van der Waals surface area contributed by atoms with Crippen molar-refractivity contribution < 1.29 is 14.3 Å². The Kier molecular flexibility index (Phi) is 12.0. The molecule has 0 saturated heterocycles. The van der Waals surface area contributed by atoms with Crippen molar-refractivity contribution in [2.24, 2.45) is 10.9 Å². The Morgan fingerprint density at radius 2 is 2.00 bits per heavy atom. The Labute approximate surface area is 167 Å². The van der Waals surface area contributed by atoms with Gasteiger partial charge in [-0.05, 0) is 37.5 Å². The Bertz CT molecular complexity index is 564. The van der Waals surface area contributed by atoms with Crippen molar-refractivity contribution in [2.75, 3.05) is 33.9 Å². The summed E-state index contributed by atoms with van der Waals surface area (Å²) in [6, 6.07) is 6.22. The molecule has 0 aliphatic heterocycles. The third kappa shape index (κ3) is 8.42. The maximum atomic E-state index is 11.4. The van der Waals surface area contributed by atoms with Gasteiger partial charge in [0.05, 0.1) is 26.7 Å². The maximum absolute atomic E-state index is 11.4. The number of aliphatic imine (C=N–C) groups is 1. The molecule has 7 heteroatoms. The highest BCUT2D eigenvalue weighted by Gasteiger charge is 2.12. The Morgan fingerprint density at radius 3 is 2.60 bits per heavy atom. The van der Waals surface area contributed by atoms with Crippen molar-refractivity contribution in [2.45, 2.75) is 27.2 Å². The first-order valence-corrected chi connectivity index (χ1v) is 8.25. The zero-order chi connectivity index (χ0) is 17.9. The van der Waals surface area contributed by atoms with Gasteiger partial charge in [-0.3, -0.25) is 9.79 Å². The summed E-state index contributed by atoms with van der Waals surface area (Å²) < 4.78 is 10.1. The Morgan fingerprint density at radius 1 is 1.28 bits per heavy atom. The minimum atomic E-state index is -0.258. The topological polar surface area (TPSA) is 72.0 Å². The van der Waals surface area contributed by atoms with Gasteiger partial charge < -0.3 is 20.1 Å². The number of esters is 1. The van der Waals surface area contributed by atoms with Crippen LogP contribution in [0.2, 0.25) is 0 Å². The molecule has 0 aliphatic carbocycles. The highest BCUT2D eigenvalue weighted by molar-refractivity contribution is 14.0. The van der Waals surface area contributed by atoms with Gasteiger partial charge in [0.25, 0.3) is 0 Å². The monoisotopic (exact) mass is 463 g/mol. The third-order valence-corrected chi connectivity index (χ3v) is 3.65. The third-order valence-electron chi connectivity index (χ3n) is 3.65. The van der Waals surface area contributed by atoms with Crippen molar-refractivity contribution in [1.29, 1.82) is 0 Å². The highest BCUT2D eigenvalue weighted by Crippen LogP contribution is 2.18. The second kappa shape index (κ2) is 12.8. The summed E-state index contributed by atoms with van der Waals surface area (Å²) in [4.78, 5) is 15.9. The fourth-order valence-electron chi connectivity index (χ4n) is 2.19. The molecule has 0 spiro atoms. The predicted molar refractivity (Wildman–Crippen MR) is 112 cm³/mol. The largest absolute Gasteiger partial charge is 0.496 e. The molecule has 6 nitrogen and oxygen atoms in total. The lowest BCUT2D eigenvalue weighted by molar-refractivity contribution is -0.144. The average Bonchev–Trinajstić information content (AvgIpc) is 2.59. The zero-order valence-electron chi connectivity index (χ0n) is 15.7. The number of hydrogen-bond donors (Lipinski definition) is 2. The number of rotatable bonds is 8. The molecule has 0 aliphatic rings. The molecule has 0 amide bonds. The van der Waals surface area contributed by atoms with Crippen LogP contribution >= 0.6 is 24.0 Å². The van der Waals surface area contributed by atoms with Gasteiger partial charge in [-0.15, -0.1) is 24.0 Å². The number of nitrogens with zero attached hydrogens (tertiary/aromatic N) is 1. The number of aryl methyl sites for hydroxylation is 1. The molecule has 1 unspecified atom stereocenters. The van der Waals surface area contributed by atoms with Gasteiger partial charge in [-0.2, -0.15) is 0 Å². The number of benzene rings is 1. The minimum absolute atomic E-state index is 0. The van der Waals surface area contributed by atoms with Gasteiger partial charge >= 0.3 is 5.97 Å². The predicted octanol–water partition coefficient (Wildman–Crippen LogP) is 2.53. The van der Waals surface area contributed by atoms with E-state index in [-0.39, 0.29) is 35.9 Å². The molecule has 0 radical (unpaired) electrons. The van der Waals surface area contributed by atoms with E-state index in [1.165, 1.54) is 12.7 Å². The van der Waals surface area contributed by atoms with Gasteiger partial charge in [0.2, 0.25) is 0 Å². The van der Waals surface area contributed by atoms with E-state index < -0.39 is 0 Å². The van der Waals surface area contributed by atoms with E-state index in [2.05, 4.69) is 33.8 Å². The normalized spacial score (nSPS) is 12.0. The number of halogens is 1. The molecule has 1 aromatic carbocycles. The molecule has 1 aromatic rings. The van der Waals surface area contributed by atoms with Gasteiger partial charge in [0.1, 0.15) is 5.75 Å². The second-order valence-corrected chi connectivity index (χ2v) is 5.62. The summed E-state index contributed by atoms with van der Waals surface area (Å²) in [6.07, 6.45) is 0.855. The molecule has 142 valence electrons. The van der Waals surface area contributed by atoms with Gasteiger partial charge in [0.15, 0.2) is 5.96 Å². The minimum Gasteiger partial charge on any atom is -0.496 e. The van der Waals surface area contributed by atoms with Crippen LogP contribution in [0.25, 0.3) is 0 Å². The van der Waals surface area contributed by atoms with Crippen LogP contribution in [-0.4, -0.2) is 45.8 Å². The van der Waals surface area contributed by atoms with Crippen LogP contribution < -0.4 is 15.4 Å². The number of methoxy groups -OCH3 is 2. The van der Waals surface area contributed by atoms with Crippen LogP contribution in [0.3, 0.4) is 0 Å². The lowest BCUT2D eigenvalue weighted by atomic mass is 10.1. The van der Waals surface area contributed by atoms with Crippen LogP contribution in [0.15, 0.2) is 23.2 Å². The van der Waals surface area contributed by atoms with E-state index in [0.717, 1.165) is 30.8 Å². The molecule has 25 heavy (non-hydrogen) atoms. The van der Waals surface area contributed by atoms with Crippen molar-refractivity contribution in [1.82, 2.24) is 10.6 Å². The van der Waals surface area contributed by atoms with Crippen molar-refractivity contribution >= 4 is 35.9 Å². The Balaban J connectivity index is 0.00000576. The van der Waals surface area contributed by atoms with Crippen LogP contribution in [0.5, 0.6) is 5.75 Å². The first-order chi connectivity index (χ1) is 11.5. The van der Waals surface area contributed by atoms with Crippen LogP contribution in [0.4, 0.5) is 0 Å². The van der Waals surface area contributed by atoms with Crippen LogP contribution in [0.1, 0.15) is 25.0 Å². The molecular weight excluding hydrogens is 433 g/mol. The van der Waals surface area contributed by atoms with E-state index in [4.69, 9.17) is 9.47 Å². The average molecular weight is 463 g/mol. The van der Waals surface area contributed by atoms with E-state index in [9.17, 15) is 4.79 Å². The fourth-order valence-corrected chi connectivity index (χ4v) is 2.19. The molecule has 0 saturated carbocycles. The van der Waals surface area contributed by atoms with E-state index >= 15 is 0 Å². The van der Waals surface area contributed by atoms with Crippen molar-refractivity contribution in [3.8, 4) is 5.75 Å². The highest BCUT2D eigenvalue weighted by atomic mass is 127. The molecule has 1 atom stereocenters. The zero-order valence-corrected chi connectivity index (χ0v) is 18.0. The van der Waals surface area contributed by atoms with E-state index in [1.54, 1.807) is 14.0 Å². The fraction of sp³-hybridized carbons (Fsp3) is 0.556. The first kappa shape index (κ1) is 23.5. The molecule has 0 bridgehead atoms. The molecule has 0 aromatic heterocycles. The SMILES string of the molecule is CCNC(=NCC(C)C(=O)OC)NCCc1ccc(C)c(OC)c1.I. The smallest absolute Gasteiger partial charge is 0.310 e. The number of hydrogen-bond acceptors (Lipinski definition) is 4. The summed E-state index contributed by atoms with van der Waals surface area (Å²) in [5, 5.41) is 6.45. The van der Waals surface area contributed by atoms with Crippen LogP contribution in [-0.2, 0) is 16.0 Å². The molecule has 1 rings (SSSR count). The quantitative estimate of drug-likeness (QED) is 0.268. The second-order valence-electron chi connectivity index (χ2n) is 5.62. The molecular formula is C18H30IN3O3. The lowest BCUT2D eigenvalue weighted by Gasteiger charge is -2.13. The lowest BCUT2D eigenvalue weighted by Crippen LogP contribution is -2.38. The number of carbonyl (C=O) groups is 1. The van der Waals surface area contributed by atoms with Crippen molar-refractivity contribution in [3.05, 3.63) is 29.3 Å². The number of ether oxygens (including phenoxy) is 2. The number of carbonyl (C=O) groups excluding carboxylic acids is 1. The molecule has 0 heterocycles. The van der Waals surface area contributed by atoms with Gasteiger partial charge in [-0.1, -0.05) is 19.1 Å². The van der Waals surface area contributed by atoms with Gasteiger partial charge in [-0.25, -0.2) is 0 Å². The summed E-state index contributed by atoms with van der Waals surface area (Å²) in [5.41, 5.74) is 2.32. The number of nitrogens with one attached hydrogen (secondary N) is 2. The summed E-state index contributed by atoms with van der Waals surface area (Å²) in [5.74, 6) is 1.10. The summed E-state index contributed by atoms with van der Waals surface area (Å²) in [7, 11) is 3.07. The van der Waals surface area contributed by atoms with Crippen molar-refractivity contribution in [3.63, 3.8) is 0 Å². The molecule has 2 N–H and O–H groups in total. The van der Waals surface area contributed by atoms with Crippen LogP contribution in [0, 0.1) is 12.8 Å². The summed E-state index contributed by atoms with van der Waals surface area (Å²) in [6.45, 7) is 7.73. The summed E-state index contributed by atoms with van der Waals surface area (Å²) >= 11 is 0. The molecule has 0 fully saturated rings. The maximum Gasteiger partial charge on any atom is 0.310 e. The van der Waals surface area contributed by atoms with Gasteiger partial charge in [0, 0.05) is 13.1 Å².